The third-order valence-electron chi connectivity index (χ3n) is 3.43. The minimum Gasteiger partial charge on any atom is -0.478 e. The predicted octanol–water partition coefficient (Wildman–Crippen LogP) is 2.26. The zero-order chi connectivity index (χ0) is 18.6. The Bertz CT molecular complexity index is 819. The highest BCUT2D eigenvalue weighted by molar-refractivity contribution is 6.18. The summed E-state index contributed by atoms with van der Waals surface area (Å²) in [6.45, 7) is 1.49. The maximum absolute atomic E-state index is 12.3. The van der Waals surface area contributed by atoms with E-state index in [1.807, 2.05) is 0 Å². The summed E-state index contributed by atoms with van der Waals surface area (Å²) in [5.74, 6) is -2.16. The van der Waals surface area contributed by atoms with Crippen molar-refractivity contribution in [3.63, 3.8) is 0 Å². The Labute approximate surface area is 147 Å². The van der Waals surface area contributed by atoms with Gasteiger partial charge in [0, 0.05) is 6.92 Å². The normalized spacial score (nSPS) is 11.8. The van der Waals surface area contributed by atoms with Crippen LogP contribution in [0.1, 0.15) is 26.5 Å². The van der Waals surface area contributed by atoms with Crippen LogP contribution in [0.15, 0.2) is 30.5 Å². The number of aryl methyl sites for hydroxylation is 1. The van der Waals surface area contributed by atoms with Gasteiger partial charge in [0.2, 0.25) is 0 Å². The molecule has 0 aliphatic rings. The summed E-state index contributed by atoms with van der Waals surface area (Å²) >= 11 is 5.81. The maximum Gasteiger partial charge on any atom is 0.342 e. The Kier molecular flexibility index (Phi) is 5.71. The van der Waals surface area contributed by atoms with Crippen LogP contribution in [-0.2, 0) is 11.3 Å². The first-order valence-corrected chi connectivity index (χ1v) is 7.64. The fourth-order valence-corrected chi connectivity index (χ4v) is 2.37. The molecule has 0 fully saturated rings. The summed E-state index contributed by atoms with van der Waals surface area (Å²) in [6, 6.07) is 5.59. The van der Waals surface area contributed by atoms with E-state index in [2.05, 4.69) is 4.98 Å². The number of hydrogen-bond donors (Lipinski definition) is 1. The van der Waals surface area contributed by atoms with Crippen molar-refractivity contribution in [3.05, 3.63) is 57.5 Å². The zero-order valence-electron chi connectivity index (χ0n) is 13.1. The van der Waals surface area contributed by atoms with E-state index in [9.17, 15) is 19.7 Å². The number of carboxylic acid groups (broad SMARTS) is 1. The van der Waals surface area contributed by atoms with Gasteiger partial charge in [-0.3, -0.25) is 0 Å². The smallest absolute Gasteiger partial charge is 0.342 e. The summed E-state index contributed by atoms with van der Waals surface area (Å²) < 4.78 is 6.50. The van der Waals surface area contributed by atoms with E-state index < -0.39 is 23.0 Å². The average molecular weight is 368 g/mol. The number of aromatic nitrogens is 2. The van der Waals surface area contributed by atoms with Crippen LogP contribution in [0.25, 0.3) is 0 Å². The van der Waals surface area contributed by atoms with Gasteiger partial charge in [-0.2, -0.15) is 0 Å². The second-order valence-corrected chi connectivity index (χ2v) is 5.37. The molecule has 0 saturated carbocycles. The number of alkyl halides is 1. The van der Waals surface area contributed by atoms with Gasteiger partial charge in [-0.25, -0.2) is 19.1 Å². The molecular formula is C15H14ClN3O6. The highest BCUT2D eigenvalue weighted by Gasteiger charge is 2.25. The molecule has 1 aromatic heterocycles. The molecule has 1 atom stereocenters. The number of nitro groups is 1. The standard InChI is InChI=1S/C15H14ClN3O6/c1-9-17-7-13(19(23)24)18(9)8-10(6-16)25-15(22)12-5-3-2-4-11(12)14(20)21/h2-5,7,10H,6,8H2,1H3,(H,20,21)/t10-/m1/s1. The molecule has 2 aromatic rings. The lowest BCUT2D eigenvalue weighted by molar-refractivity contribution is -0.392. The van der Waals surface area contributed by atoms with Crippen molar-refractivity contribution in [2.45, 2.75) is 19.6 Å². The van der Waals surface area contributed by atoms with Gasteiger partial charge in [-0.15, -0.1) is 11.6 Å². The molecule has 0 spiro atoms. The quantitative estimate of drug-likeness (QED) is 0.344. The van der Waals surface area contributed by atoms with Gasteiger partial charge in [0.25, 0.3) is 0 Å². The molecule has 2 rings (SSSR count). The zero-order valence-corrected chi connectivity index (χ0v) is 13.8. The molecule has 0 unspecified atom stereocenters. The number of carbonyl (C=O) groups excluding carboxylic acids is 1. The number of halogens is 1. The molecule has 0 amide bonds. The van der Waals surface area contributed by atoms with Gasteiger partial charge >= 0.3 is 17.8 Å². The van der Waals surface area contributed by atoms with Crippen LogP contribution in [0.3, 0.4) is 0 Å². The van der Waals surface area contributed by atoms with Crippen LogP contribution in [0.2, 0.25) is 0 Å². The number of carbonyl (C=O) groups is 2. The molecular weight excluding hydrogens is 354 g/mol. The van der Waals surface area contributed by atoms with E-state index in [1.165, 1.54) is 28.8 Å². The van der Waals surface area contributed by atoms with E-state index in [1.54, 1.807) is 6.92 Å². The van der Waals surface area contributed by atoms with Gasteiger partial charge in [0.05, 0.1) is 17.0 Å². The molecule has 0 aliphatic carbocycles. The molecule has 1 N–H and O–H groups in total. The van der Waals surface area contributed by atoms with Gasteiger partial charge < -0.3 is 20.0 Å². The topological polar surface area (TPSA) is 125 Å². The Hall–Kier alpha value is -2.94. The monoisotopic (exact) mass is 367 g/mol. The van der Waals surface area contributed by atoms with Gasteiger partial charge in [-0.05, 0) is 17.1 Å². The third-order valence-corrected chi connectivity index (χ3v) is 3.77. The van der Waals surface area contributed by atoms with E-state index in [0.29, 0.717) is 5.82 Å². The van der Waals surface area contributed by atoms with Crippen LogP contribution >= 0.6 is 11.6 Å². The van der Waals surface area contributed by atoms with Crippen molar-refractivity contribution in [1.29, 1.82) is 0 Å². The number of imidazole rings is 1. The molecule has 25 heavy (non-hydrogen) atoms. The van der Waals surface area contributed by atoms with Crippen molar-refractivity contribution < 1.29 is 24.4 Å². The van der Waals surface area contributed by atoms with Crippen LogP contribution < -0.4 is 0 Å². The highest BCUT2D eigenvalue weighted by Crippen LogP contribution is 2.17. The Morgan fingerprint density at radius 2 is 2.04 bits per heavy atom. The molecule has 9 nitrogen and oxygen atoms in total. The summed E-state index contributed by atoms with van der Waals surface area (Å²) in [7, 11) is 0. The van der Waals surface area contributed by atoms with Crippen molar-refractivity contribution in [1.82, 2.24) is 9.55 Å². The number of hydrogen-bond acceptors (Lipinski definition) is 6. The number of carboxylic acids is 1. The lowest BCUT2D eigenvalue weighted by Crippen LogP contribution is -2.27. The summed E-state index contributed by atoms with van der Waals surface area (Å²) in [5, 5.41) is 20.1. The number of ether oxygens (including phenoxy) is 1. The lowest BCUT2D eigenvalue weighted by atomic mass is 10.1. The van der Waals surface area contributed by atoms with Crippen molar-refractivity contribution in [2.75, 3.05) is 5.88 Å². The van der Waals surface area contributed by atoms with E-state index >= 15 is 0 Å². The van der Waals surface area contributed by atoms with Gasteiger partial charge in [0.1, 0.15) is 12.7 Å². The number of benzene rings is 1. The summed E-state index contributed by atoms with van der Waals surface area (Å²) in [5.41, 5.74) is -0.326. The SMILES string of the molecule is Cc1ncc([N+](=O)[O-])n1C[C@@H](CCl)OC(=O)c1ccccc1C(=O)O. The molecule has 132 valence electrons. The Morgan fingerprint density at radius 3 is 2.60 bits per heavy atom. The summed E-state index contributed by atoms with van der Waals surface area (Å²) in [4.78, 5) is 37.7. The second kappa shape index (κ2) is 7.75. The van der Waals surface area contributed by atoms with Crippen LogP contribution in [0.4, 0.5) is 5.82 Å². The molecule has 1 heterocycles. The Balaban J connectivity index is 2.21. The molecule has 0 radical (unpaired) electrons. The van der Waals surface area contributed by atoms with Crippen LogP contribution in [-0.4, -0.2) is 43.5 Å². The number of esters is 1. The van der Waals surface area contributed by atoms with E-state index in [0.717, 1.165) is 6.20 Å². The first-order chi connectivity index (χ1) is 11.8. The lowest BCUT2D eigenvalue weighted by Gasteiger charge is -2.15. The van der Waals surface area contributed by atoms with E-state index in [4.69, 9.17) is 21.4 Å². The third kappa shape index (κ3) is 4.13. The van der Waals surface area contributed by atoms with Crippen molar-refractivity contribution in [3.8, 4) is 0 Å². The highest BCUT2D eigenvalue weighted by atomic mass is 35.5. The maximum atomic E-state index is 12.3. The molecule has 1 aromatic carbocycles. The van der Waals surface area contributed by atoms with Crippen LogP contribution in [0.5, 0.6) is 0 Å². The van der Waals surface area contributed by atoms with Gasteiger partial charge in [0.15, 0.2) is 11.9 Å². The Morgan fingerprint density at radius 1 is 1.40 bits per heavy atom. The van der Waals surface area contributed by atoms with E-state index in [-0.39, 0.29) is 29.4 Å². The largest absolute Gasteiger partial charge is 0.478 e. The summed E-state index contributed by atoms with van der Waals surface area (Å²) in [6.07, 6.45) is 0.199. The van der Waals surface area contributed by atoms with Crippen molar-refractivity contribution in [2.24, 2.45) is 0 Å². The molecule has 0 bridgehead atoms. The second-order valence-electron chi connectivity index (χ2n) is 5.06. The number of rotatable bonds is 7. The van der Waals surface area contributed by atoms with Crippen LogP contribution in [0, 0.1) is 17.0 Å². The molecule has 10 heteroatoms. The fourth-order valence-electron chi connectivity index (χ4n) is 2.21. The average Bonchev–Trinajstić information content (AvgIpc) is 2.95. The number of aromatic carboxylic acids is 1. The fraction of sp³-hybridized carbons (Fsp3) is 0.267. The first-order valence-electron chi connectivity index (χ1n) is 7.11. The first kappa shape index (κ1) is 18.4. The van der Waals surface area contributed by atoms with Crippen molar-refractivity contribution >= 4 is 29.4 Å². The molecule has 0 saturated heterocycles. The predicted molar refractivity (Wildman–Crippen MR) is 86.9 cm³/mol. The minimum atomic E-state index is -1.27. The minimum absolute atomic E-state index is 0.0768. The number of nitrogens with zero attached hydrogens (tertiary/aromatic N) is 3. The van der Waals surface area contributed by atoms with Gasteiger partial charge in [-0.1, -0.05) is 12.1 Å². The molecule has 0 aliphatic heterocycles.